The number of hydrogen-bond acceptors (Lipinski definition) is 7. The number of benzene rings is 4. The molecule has 15 heteroatoms. The van der Waals surface area contributed by atoms with Crippen LogP contribution in [-0.2, 0) is 13.1 Å². The van der Waals surface area contributed by atoms with Crippen molar-refractivity contribution < 1.29 is 24.6 Å². The monoisotopic (exact) mass is 864 g/mol. The molecule has 5 heterocycles. The summed E-state index contributed by atoms with van der Waals surface area (Å²) in [6.45, 7) is 3.66. The van der Waals surface area contributed by atoms with Crippen molar-refractivity contribution in [2.75, 3.05) is 26.2 Å². The van der Waals surface area contributed by atoms with Crippen molar-refractivity contribution in [1.82, 2.24) is 38.4 Å². The fourth-order valence-electron chi connectivity index (χ4n) is 9.30. The molecule has 2 aliphatic rings. The van der Waals surface area contributed by atoms with Crippen molar-refractivity contribution in [3.63, 3.8) is 0 Å². The second-order valence-corrected chi connectivity index (χ2v) is 16.5. The number of amides is 2. The molecule has 2 aliphatic heterocycles. The third kappa shape index (κ3) is 9.69. The van der Waals surface area contributed by atoms with Crippen molar-refractivity contribution in [3.8, 4) is 0 Å². The standard InChI is InChI=1S/C37H38N4O4.C12H14N4O3/c42-35(30-17-8-3-9-18-30)41-34-21-11-10-20-33(34)40(36(41)43)32-22-24-39(37(44)45)31(25-32)19-12-23-38(26-28-13-4-1-5-14-28)27-29-15-6-2-7-16-29;17-11-14-10-9(2-1-5-13-10)16(11)8-3-6-15(7-4-8)12(18)19/h1-11,13-18,20-21,31-32H,12,19,22-27H2,(H,44,45);1-2,5,8H,3-4,6-7H2,(H,18,19)(H,13,14,17)/t31-,32?;/m0./s1. The van der Waals surface area contributed by atoms with Crippen molar-refractivity contribution in [3.05, 3.63) is 171 Å². The number of hydrogen-bond donors (Lipinski definition) is 3. The molecule has 15 nitrogen and oxygen atoms in total. The number of rotatable bonds is 11. The number of piperidine rings is 2. The Hall–Kier alpha value is -7.26. The van der Waals surface area contributed by atoms with Gasteiger partial charge in [-0.25, -0.2) is 28.7 Å². The lowest BCUT2D eigenvalue weighted by molar-refractivity contribution is 0.0850. The second kappa shape index (κ2) is 19.8. The van der Waals surface area contributed by atoms with Crippen LogP contribution in [0, 0.1) is 0 Å². The van der Waals surface area contributed by atoms with Crippen LogP contribution in [0.25, 0.3) is 22.2 Å². The normalized spacial score (nSPS) is 16.8. The summed E-state index contributed by atoms with van der Waals surface area (Å²) in [4.78, 5) is 74.8. The highest BCUT2D eigenvalue weighted by Crippen LogP contribution is 2.32. The number of pyridine rings is 1. The highest BCUT2D eigenvalue weighted by atomic mass is 16.4. The molecule has 2 amide bonds. The van der Waals surface area contributed by atoms with Gasteiger partial charge in [-0.3, -0.25) is 23.8 Å². The fourth-order valence-corrected chi connectivity index (χ4v) is 9.30. The molecular weight excluding hydrogens is 813 g/mol. The predicted octanol–water partition coefficient (Wildman–Crippen LogP) is 7.70. The van der Waals surface area contributed by atoms with Crippen molar-refractivity contribution in [2.24, 2.45) is 0 Å². The van der Waals surface area contributed by atoms with Gasteiger partial charge in [0.15, 0.2) is 5.65 Å². The number of nitrogens with one attached hydrogen (secondary N) is 1. The molecule has 64 heavy (non-hydrogen) atoms. The van der Waals surface area contributed by atoms with Gasteiger partial charge in [0, 0.05) is 62.6 Å². The zero-order chi connectivity index (χ0) is 44.6. The van der Waals surface area contributed by atoms with E-state index in [-0.39, 0.29) is 35.4 Å². The Bertz CT molecular complexity index is 2770. The van der Waals surface area contributed by atoms with Gasteiger partial charge in [-0.2, -0.15) is 0 Å². The van der Waals surface area contributed by atoms with E-state index in [0.717, 1.165) is 31.6 Å². The van der Waals surface area contributed by atoms with E-state index < -0.39 is 12.2 Å². The Morgan fingerprint density at radius 1 is 0.656 bits per heavy atom. The van der Waals surface area contributed by atoms with Gasteiger partial charge in [0.25, 0.3) is 5.91 Å². The molecule has 4 aromatic carbocycles. The Balaban J connectivity index is 0.000000244. The summed E-state index contributed by atoms with van der Waals surface area (Å²) in [6.07, 6.45) is 3.60. The summed E-state index contributed by atoms with van der Waals surface area (Å²) in [6, 6.07) is 40.2. The lowest BCUT2D eigenvalue weighted by Gasteiger charge is -2.38. The first-order valence-corrected chi connectivity index (χ1v) is 21.8. The summed E-state index contributed by atoms with van der Waals surface area (Å²) >= 11 is 0. The highest BCUT2D eigenvalue weighted by Gasteiger charge is 2.35. The molecule has 0 bridgehead atoms. The van der Waals surface area contributed by atoms with Crippen molar-refractivity contribution >= 4 is 40.3 Å². The molecule has 2 saturated heterocycles. The van der Waals surface area contributed by atoms with Crippen LogP contribution < -0.4 is 11.4 Å². The average molecular weight is 865 g/mol. The maximum atomic E-state index is 13.9. The van der Waals surface area contributed by atoms with Crippen LogP contribution in [-0.4, -0.2) is 98.9 Å². The molecule has 0 radical (unpaired) electrons. The Morgan fingerprint density at radius 3 is 1.86 bits per heavy atom. The summed E-state index contributed by atoms with van der Waals surface area (Å²) < 4.78 is 4.68. The van der Waals surface area contributed by atoms with Gasteiger partial charge < -0.3 is 20.0 Å². The number of carbonyl (C=O) groups excluding carboxylic acids is 1. The topological polar surface area (TPSA) is 179 Å². The summed E-state index contributed by atoms with van der Waals surface area (Å²) in [5, 5.41) is 19.0. The van der Waals surface area contributed by atoms with Crippen molar-refractivity contribution in [2.45, 2.75) is 69.7 Å². The maximum Gasteiger partial charge on any atom is 0.407 e. The number of carbonyl (C=O) groups is 3. The summed E-state index contributed by atoms with van der Waals surface area (Å²) in [5.41, 5.74) is 4.96. The second-order valence-electron chi connectivity index (χ2n) is 16.5. The molecule has 330 valence electrons. The van der Waals surface area contributed by atoms with Crippen LogP contribution in [0.4, 0.5) is 9.59 Å². The number of para-hydroxylation sites is 2. The lowest BCUT2D eigenvalue weighted by atomic mass is 9.93. The Morgan fingerprint density at radius 2 is 1.23 bits per heavy atom. The zero-order valence-electron chi connectivity index (χ0n) is 35.5. The first kappa shape index (κ1) is 43.4. The maximum absolute atomic E-state index is 13.9. The number of carboxylic acid groups (broad SMARTS) is 2. The number of likely N-dealkylation sites (tertiary alicyclic amines) is 2. The molecule has 2 fully saturated rings. The van der Waals surface area contributed by atoms with Crippen LogP contribution in [0.5, 0.6) is 0 Å². The van der Waals surface area contributed by atoms with Crippen LogP contribution in [0.2, 0.25) is 0 Å². The van der Waals surface area contributed by atoms with Gasteiger partial charge in [-0.05, 0) is 92.6 Å². The SMILES string of the molecule is O=C(O)N1CCC(n2c(=O)[nH]c3ncccc32)CC1.O=C(O)N1CCC(n2c(=O)n(C(=O)c3ccccc3)c3ccccc32)C[C@@H]1CCCN(Cc1ccccc1)Cc1ccccc1. The van der Waals surface area contributed by atoms with Gasteiger partial charge in [0.1, 0.15) is 0 Å². The largest absolute Gasteiger partial charge is 0.465 e. The molecule has 3 aromatic heterocycles. The Kier molecular flexibility index (Phi) is 13.5. The number of aromatic nitrogens is 5. The van der Waals surface area contributed by atoms with E-state index in [1.165, 1.54) is 25.5 Å². The predicted molar refractivity (Wildman–Crippen MR) is 244 cm³/mol. The van der Waals surface area contributed by atoms with E-state index in [0.29, 0.717) is 74.0 Å². The first-order valence-electron chi connectivity index (χ1n) is 21.8. The van der Waals surface area contributed by atoms with Crippen LogP contribution in [0.15, 0.2) is 143 Å². The number of imidazole rings is 2. The number of aromatic amines is 1. The zero-order valence-corrected chi connectivity index (χ0v) is 35.5. The van der Waals surface area contributed by atoms with Crippen molar-refractivity contribution in [1.29, 1.82) is 0 Å². The quantitative estimate of drug-likeness (QED) is 0.118. The van der Waals surface area contributed by atoms with Crippen LogP contribution in [0.1, 0.15) is 72.1 Å². The molecule has 0 aliphatic carbocycles. The van der Waals surface area contributed by atoms with Gasteiger partial charge in [0.2, 0.25) is 0 Å². The lowest BCUT2D eigenvalue weighted by Crippen LogP contribution is -2.47. The van der Waals surface area contributed by atoms with Gasteiger partial charge in [-0.1, -0.05) is 91.0 Å². The summed E-state index contributed by atoms with van der Waals surface area (Å²) in [5.74, 6) is -0.369. The van der Waals surface area contributed by atoms with Gasteiger partial charge in [-0.15, -0.1) is 0 Å². The van der Waals surface area contributed by atoms with Gasteiger partial charge in [0.05, 0.1) is 16.6 Å². The van der Waals surface area contributed by atoms with E-state index in [4.69, 9.17) is 5.11 Å². The average Bonchev–Trinajstić information content (AvgIpc) is 3.82. The first-order chi connectivity index (χ1) is 31.2. The van der Waals surface area contributed by atoms with E-state index >= 15 is 0 Å². The summed E-state index contributed by atoms with van der Waals surface area (Å²) in [7, 11) is 0. The third-order valence-electron chi connectivity index (χ3n) is 12.4. The minimum Gasteiger partial charge on any atom is -0.465 e. The fraction of sp³-hybridized carbons (Fsp3) is 0.306. The molecule has 3 N–H and O–H groups in total. The minimum absolute atomic E-state index is 0.0287. The number of H-pyrrole nitrogens is 1. The molecule has 0 spiro atoms. The Labute approximate surface area is 369 Å². The smallest absolute Gasteiger partial charge is 0.407 e. The van der Waals surface area contributed by atoms with Crippen LogP contribution in [0.3, 0.4) is 0 Å². The minimum atomic E-state index is -0.932. The number of nitrogens with zero attached hydrogens (tertiary/aromatic N) is 7. The molecule has 0 saturated carbocycles. The highest BCUT2D eigenvalue weighted by molar-refractivity contribution is 6.01. The molecule has 7 aromatic rings. The van der Waals surface area contributed by atoms with Gasteiger partial charge >= 0.3 is 23.6 Å². The molecule has 9 rings (SSSR count). The van der Waals surface area contributed by atoms with E-state index in [9.17, 15) is 29.1 Å². The molecule has 1 unspecified atom stereocenters. The van der Waals surface area contributed by atoms with E-state index in [1.54, 1.807) is 51.7 Å². The van der Waals surface area contributed by atoms with E-state index in [1.807, 2.05) is 42.5 Å². The molecule has 2 atom stereocenters. The number of fused-ring (bicyclic) bond motifs is 2. The van der Waals surface area contributed by atoms with E-state index in [2.05, 4.69) is 63.4 Å². The molecular formula is C49H52N8O7. The van der Waals surface area contributed by atoms with Crippen LogP contribution >= 0.6 is 0 Å². The third-order valence-corrected chi connectivity index (χ3v) is 12.4.